The summed E-state index contributed by atoms with van der Waals surface area (Å²) in [7, 11) is 0. The van der Waals surface area contributed by atoms with Crippen LogP contribution in [0, 0.1) is 11.8 Å². The Morgan fingerprint density at radius 1 is 1.16 bits per heavy atom. The van der Waals surface area contributed by atoms with Crippen molar-refractivity contribution >= 4 is 23.2 Å². The van der Waals surface area contributed by atoms with Crippen molar-refractivity contribution in [1.29, 1.82) is 0 Å². The van der Waals surface area contributed by atoms with Gasteiger partial charge in [-0.3, -0.25) is 0 Å². The van der Waals surface area contributed by atoms with Gasteiger partial charge in [0.25, 0.3) is 0 Å². The van der Waals surface area contributed by atoms with Crippen molar-refractivity contribution in [3.8, 4) is 0 Å². The summed E-state index contributed by atoms with van der Waals surface area (Å²) in [5, 5.41) is 4.95. The number of benzene rings is 1. The van der Waals surface area contributed by atoms with Gasteiger partial charge < -0.3 is 5.32 Å². The zero-order valence-corrected chi connectivity index (χ0v) is 13.9. The first-order valence-corrected chi connectivity index (χ1v) is 7.89. The second-order valence-electron chi connectivity index (χ2n) is 5.57. The summed E-state index contributed by atoms with van der Waals surface area (Å²) in [5.74, 6) is 1.16. The molecule has 0 amide bonds. The third kappa shape index (κ3) is 4.98. The van der Waals surface area contributed by atoms with E-state index in [0.717, 1.165) is 24.9 Å². The molecule has 0 aliphatic rings. The standard InChI is InChI=1S/C16H25Cl2N/c1-5-9-19-12(4)14(11(2)3)10-13-7-6-8-15(17)16(13)18/h6-8,11-12,14,19H,5,9-10H2,1-4H3. The Morgan fingerprint density at radius 2 is 1.84 bits per heavy atom. The number of hydrogen-bond donors (Lipinski definition) is 1. The highest BCUT2D eigenvalue weighted by Crippen LogP contribution is 2.30. The molecule has 1 aromatic carbocycles. The molecule has 0 radical (unpaired) electrons. The Labute approximate surface area is 127 Å². The minimum atomic E-state index is 0.481. The van der Waals surface area contributed by atoms with Gasteiger partial charge >= 0.3 is 0 Å². The van der Waals surface area contributed by atoms with Crippen molar-refractivity contribution < 1.29 is 0 Å². The summed E-state index contributed by atoms with van der Waals surface area (Å²) in [5.41, 5.74) is 1.15. The predicted octanol–water partition coefficient (Wildman–Crippen LogP) is 5.20. The quantitative estimate of drug-likeness (QED) is 0.730. The molecule has 108 valence electrons. The molecule has 0 bridgehead atoms. The van der Waals surface area contributed by atoms with Gasteiger partial charge in [0.05, 0.1) is 10.0 Å². The van der Waals surface area contributed by atoms with Gasteiger partial charge in [-0.25, -0.2) is 0 Å². The summed E-state index contributed by atoms with van der Waals surface area (Å²) < 4.78 is 0. The van der Waals surface area contributed by atoms with Crippen LogP contribution in [-0.4, -0.2) is 12.6 Å². The molecule has 3 heteroatoms. The molecule has 0 aromatic heterocycles. The zero-order valence-electron chi connectivity index (χ0n) is 12.3. The average molecular weight is 302 g/mol. The minimum absolute atomic E-state index is 0.481. The maximum Gasteiger partial charge on any atom is 0.0624 e. The van der Waals surface area contributed by atoms with E-state index in [0.29, 0.717) is 27.9 Å². The highest BCUT2D eigenvalue weighted by Gasteiger charge is 2.22. The monoisotopic (exact) mass is 301 g/mol. The molecule has 1 aromatic rings. The molecule has 0 saturated heterocycles. The molecule has 2 atom stereocenters. The Kier molecular flexibility index (Phi) is 7.20. The van der Waals surface area contributed by atoms with Crippen LogP contribution in [-0.2, 0) is 6.42 Å². The predicted molar refractivity (Wildman–Crippen MR) is 86.2 cm³/mol. The Hall–Kier alpha value is -0.240. The average Bonchev–Trinajstić information content (AvgIpc) is 2.37. The molecular weight excluding hydrogens is 277 g/mol. The maximum absolute atomic E-state index is 6.30. The molecule has 0 heterocycles. The first-order valence-electron chi connectivity index (χ1n) is 7.13. The molecule has 0 saturated carbocycles. The molecule has 1 N–H and O–H groups in total. The van der Waals surface area contributed by atoms with E-state index in [9.17, 15) is 0 Å². The highest BCUT2D eigenvalue weighted by molar-refractivity contribution is 6.42. The second-order valence-corrected chi connectivity index (χ2v) is 6.35. The Bertz CT molecular complexity index is 390. The first-order chi connectivity index (χ1) is 8.97. The first kappa shape index (κ1) is 16.8. The van der Waals surface area contributed by atoms with Gasteiger partial charge in [0.1, 0.15) is 0 Å². The van der Waals surface area contributed by atoms with Crippen LogP contribution in [0.1, 0.15) is 39.7 Å². The van der Waals surface area contributed by atoms with Gasteiger partial charge in [-0.2, -0.15) is 0 Å². The maximum atomic E-state index is 6.30. The van der Waals surface area contributed by atoms with E-state index in [1.165, 1.54) is 0 Å². The lowest BCUT2D eigenvalue weighted by Crippen LogP contribution is -2.37. The summed E-state index contributed by atoms with van der Waals surface area (Å²) in [6.07, 6.45) is 2.13. The van der Waals surface area contributed by atoms with Crippen LogP contribution in [0.5, 0.6) is 0 Å². The summed E-state index contributed by atoms with van der Waals surface area (Å²) in [6.45, 7) is 10.1. The van der Waals surface area contributed by atoms with Gasteiger partial charge in [0, 0.05) is 6.04 Å². The summed E-state index contributed by atoms with van der Waals surface area (Å²) in [6, 6.07) is 6.38. The topological polar surface area (TPSA) is 12.0 Å². The van der Waals surface area contributed by atoms with E-state index in [2.05, 4.69) is 39.1 Å². The fourth-order valence-electron chi connectivity index (χ4n) is 2.47. The van der Waals surface area contributed by atoms with Gasteiger partial charge in [-0.15, -0.1) is 0 Å². The van der Waals surface area contributed by atoms with Crippen LogP contribution in [0.4, 0.5) is 0 Å². The van der Waals surface area contributed by atoms with Gasteiger partial charge in [0.2, 0.25) is 0 Å². The Balaban J connectivity index is 2.81. The van der Waals surface area contributed by atoms with Gasteiger partial charge in [-0.05, 0) is 49.8 Å². The normalized spacial score (nSPS) is 14.7. The fraction of sp³-hybridized carbons (Fsp3) is 0.625. The summed E-state index contributed by atoms with van der Waals surface area (Å²) >= 11 is 12.4. The lowest BCUT2D eigenvalue weighted by Gasteiger charge is -2.29. The van der Waals surface area contributed by atoms with Crippen molar-refractivity contribution in [1.82, 2.24) is 5.32 Å². The number of nitrogens with one attached hydrogen (secondary N) is 1. The van der Waals surface area contributed by atoms with E-state index < -0.39 is 0 Å². The van der Waals surface area contributed by atoms with Crippen LogP contribution in [0.15, 0.2) is 18.2 Å². The van der Waals surface area contributed by atoms with Crippen LogP contribution in [0.25, 0.3) is 0 Å². The molecule has 0 aliphatic heterocycles. The minimum Gasteiger partial charge on any atom is -0.314 e. The van der Waals surface area contributed by atoms with Crippen LogP contribution in [0.2, 0.25) is 10.0 Å². The van der Waals surface area contributed by atoms with Gasteiger partial charge in [-0.1, -0.05) is 56.1 Å². The highest BCUT2D eigenvalue weighted by atomic mass is 35.5. The fourth-order valence-corrected chi connectivity index (χ4v) is 2.87. The Morgan fingerprint density at radius 3 is 2.42 bits per heavy atom. The molecule has 0 spiro atoms. The van der Waals surface area contributed by atoms with Crippen molar-refractivity contribution in [3.63, 3.8) is 0 Å². The lowest BCUT2D eigenvalue weighted by atomic mass is 9.84. The zero-order chi connectivity index (χ0) is 14.4. The molecule has 0 fully saturated rings. The van der Waals surface area contributed by atoms with E-state index in [-0.39, 0.29) is 0 Å². The van der Waals surface area contributed by atoms with Crippen molar-refractivity contribution in [2.75, 3.05) is 6.54 Å². The van der Waals surface area contributed by atoms with E-state index in [1.54, 1.807) is 0 Å². The molecular formula is C16H25Cl2N. The van der Waals surface area contributed by atoms with Crippen molar-refractivity contribution in [3.05, 3.63) is 33.8 Å². The van der Waals surface area contributed by atoms with Crippen molar-refractivity contribution in [2.24, 2.45) is 11.8 Å². The molecule has 1 nitrogen and oxygen atoms in total. The largest absolute Gasteiger partial charge is 0.314 e. The number of halogens is 2. The summed E-state index contributed by atoms with van der Waals surface area (Å²) in [4.78, 5) is 0. The molecule has 19 heavy (non-hydrogen) atoms. The van der Waals surface area contributed by atoms with Crippen LogP contribution >= 0.6 is 23.2 Å². The van der Waals surface area contributed by atoms with Crippen LogP contribution < -0.4 is 5.32 Å². The lowest BCUT2D eigenvalue weighted by molar-refractivity contribution is 0.289. The van der Waals surface area contributed by atoms with E-state index in [1.807, 2.05) is 12.1 Å². The SMILES string of the molecule is CCCNC(C)C(Cc1cccc(Cl)c1Cl)C(C)C. The molecule has 2 unspecified atom stereocenters. The smallest absolute Gasteiger partial charge is 0.0624 e. The molecule has 0 aliphatic carbocycles. The van der Waals surface area contributed by atoms with E-state index >= 15 is 0 Å². The molecule has 1 rings (SSSR count). The number of hydrogen-bond acceptors (Lipinski definition) is 1. The third-order valence-electron chi connectivity index (χ3n) is 3.70. The number of rotatable bonds is 7. The van der Waals surface area contributed by atoms with Crippen molar-refractivity contribution in [2.45, 2.75) is 46.6 Å². The van der Waals surface area contributed by atoms with Crippen LogP contribution in [0.3, 0.4) is 0 Å². The third-order valence-corrected chi connectivity index (χ3v) is 4.56. The van der Waals surface area contributed by atoms with Gasteiger partial charge in [0.15, 0.2) is 0 Å². The van der Waals surface area contributed by atoms with E-state index in [4.69, 9.17) is 23.2 Å². The second kappa shape index (κ2) is 8.14.